The highest BCUT2D eigenvalue weighted by Crippen LogP contribution is 2.16. The molecule has 0 spiro atoms. The molecule has 0 radical (unpaired) electrons. The van der Waals surface area contributed by atoms with Crippen LogP contribution in [0.5, 0.6) is 0 Å². The fourth-order valence-corrected chi connectivity index (χ4v) is 1.55. The zero-order valence-electron chi connectivity index (χ0n) is 7.40. The lowest BCUT2D eigenvalue weighted by atomic mass is 10.1. The van der Waals surface area contributed by atoms with Gasteiger partial charge in [-0.3, -0.25) is 0 Å². The van der Waals surface area contributed by atoms with Crippen molar-refractivity contribution in [2.24, 2.45) is 0 Å². The van der Waals surface area contributed by atoms with Crippen molar-refractivity contribution in [2.75, 3.05) is 0 Å². The number of rotatable bonds is 6. The van der Waals surface area contributed by atoms with Crippen molar-refractivity contribution < 1.29 is 0 Å². The Balaban J connectivity index is 3.00. The molecule has 0 saturated heterocycles. The third kappa shape index (κ3) is 6.55. The molecule has 0 rings (SSSR count). The van der Waals surface area contributed by atoms with E-state index in [1.165, 1.54) is 38.5 Å². The lowest BCUT2D eigenvalue weighted by Crippen LogP contribution is -1.96. The minimum absolute atomic E-state index is 0.889. The summed E-state index contributed by atoms with van der Waals surface area (Å²) in [4.78, 5) is 0. The van der Waals surface area contributed by atoms with Crippen molar-refractivity contribution in [3.8, 4) is 0 Å². The first-order valence-corrected chi connectivity index (χ1v) is 5.23. The minimum atomic E-state index is 0.889. The molecule has 0 amide bonds. The van der Waals surface area contributed by atoms with Gasteiger partial charge < -0.3 is 0 Å². The first-order valence-electron chi connectivity index (χ1n) is 4.56. The standard InChI is InChI=1S/C9H21P/c1-3-5-7-9(10)8-6-4-2/h9H,3-8,10H2,1-2H3. The molecule has 0 nitrogen and oxygen atoms in total. The largest absolute Gasteiger partial charge is 0.134 e. The van der Waals surface area contributed by atoms with Gasteiger partial charge >= 0.3 is 0 Å². The molecule has 0 aromatic heterocycles. The highest BCUT2D eigenvalue weighted by atomic mass is 31.0. The van der Waals surface area contributed by atoms with E-state index in [1.807, 2.05) is 0 Å². The van der Waals surface area contributed by atoms with E-state index in [0.717, 1.165) is 5.66 Å². The summed E-state index contributed by atoms with van der Waals surface area (Å²) in [5.74, 6) is 0. The van der Waals surface area contributed by atoms with Gasteiger partial charge in [-0.1, -0.05) is 39.5 Å². The second kappa shape index (κ2) is 7.54. The number of unbranched alkanes of at least 4 members (excludes halogenated alkanes) is 2. The third-order valence-electron chi connectivity index (χ3n) is 1.86. The maximum atomic E-state index is 2.96. The van der Waals surface area contributed by atoms with Crippen LogP contribution >= 0.6 is 9.24 Å². The molecular weight excluding hydrogens is 139 g/mol. The molecule has 62 valence electrons. The summed E-state index contributed by atoms with van der Waals surface area (Å²) < 4.78 is 0. The van der Waals surface area contributed by atoms with E-state index in [9.17, 15) is 0 Å². The molecule has 0 aromatic carbocycles. The molecule has 0 aliphatic heterocycles. The highest BCUT2D eigenvalue weighted by molar-refractivity contribution is 7.17. The van der Waals surface area contributed by atoms with Crippen molar-refractivity contribution in [1.82, 2.24) is 0 Å². The van der Waals surface area contributed by atoms with Crippen LogP contribution in [0.2, 0.25) is 0 Å². The van der Waals surface area contributed by atoms with Crippen molar-refractivity contribution in [3.63, 3.8) is 0 Å². The summed E-state index contributed by atoms with van der Waals surface area (Å²) >= 11 is 0. The normalized spacial score (nSPS) is 10.8. The fraction of sp³-hybridized carbons (Fsp3) is 1.00. The van der Waals surface area contributed by atoms with Crippen LogP contribution < -0.4 is 0 Å². The third-order valence-corrected chi connectivity index (χ3v) is 2.52. The average Bonchev–Trinajstić information content (AvgIpc) is 1.97. The Labute approximate surface area is 68.0 Å². The molecule has 0 N–H and O–H groups in total. The van der Waals surface area contributed by atoms with Crippen molar-refractivity contribution in [2.45, 2.75) is 58.0 Å². The van der Waals surface area contributed by atoms with E-state index in [-0.39, 0.29) is 0 Å². The van der Waals surface area contributed by atoms with Crippen molar-refractivity contribution in [3.05, 3.63) is 0 Å². The van der Waals surface area contributed by atoms with Crippen molar-refractivity contribution >= 4 is 9.24 Å². The monoisotopic (exact) mass is 160 g/mol. The van der Waals surface area contributed by atoms with Crippen LogP contribution in [0.3, 0.4) is 0 Å². The fourth-order valence-electron chi connectivity index (χ4n) is 1.08. The van der Waals surface area contributed by atoms with Gasteiger partial charge in [-0.15, -0.1) is 9.24 Å². The van der Waals surface area contributed by atoms with E-state index in [0.29, 0.717) is 0 Å². The van der Waals surface area contributed by atoms with Crippen molar-refractivity contribution in [1.29, 1.82) is 0 Å². The lowest BCUT2D eigenvalue weighted by Gasteiger charge is -2.08. The molecule has 1 atom stereocenters. The molecule has 0 heterocycles. The van der Waals surface area contributed by atoms with Gasteiger partial charge in [0.05, 0.1) is 0 Å². The predicted octanol–water partition coefficient (Wildman–Crippen LogP) is 3.61. The zero-order valence-corrected chi connectivity index (χ0v) is 8.55. The number of hydrogen-bond donors (Lipinski definition) is 0. The molecule has 1 unspecified atom stereocenters. The first-order chi connectivity index (χ1) is 4.81. The Morgan fingerprint density at radius 2 is 1.40 bits per heavy atom. The van der Waals surface area contributed by atoms with Crippen LogP contribution in [-0.2, 0) is 0 Å². The molecule has 0 aromatic rings. The predicted molar refractivity (Wildman–Crippen MR) is 52.5 cm³/mol. The topological polar surface area (TPSA) is 0 Å². The molecule has 0 aliphatic carbocycles. The Hall–Kier alpha value is 0.430. The minimum Gasteiger partial charge on any atom is -0.134 e. The second-order valence-electron chi connectivity index (χ2n) is 3.04. The first kappa shape index (κ1) is 10.4. The summed E-state index contributed by atoms with van der Waals surface area (Å²) in [7, 11) is 2.96. The van der Waals surface area contributed by atoms with E-state index in [4.69, 9.17) is 0 Å². The summed E-state index contributed by atoms with van der Waals surface area (Å²) in [5.41, 5.74) is 0.889. The van der Waals surface area contributed by atoms with Gasteiger partial charge in [0.1, 0.15) is 0 Å². The smallest absolute Gasteiger partial charge is 0.0264 e. The van der Waals surface area contributed by atoms with Gasteiger partial charge in [-0.25, -0.2) is 0 Å². The van der Waals surface area contributed by atoms with E-state index < -0.39 is 0 Å². The van der Waals surface area contributed by atoms with Crippen LogP contribution in [0, 0.1) is 0 Å². The zero-order chi connectivity index (χ0) is 7.82. The Bertz CT molecular complexity index is 53.7. The summed E-state index contributed by atoms with van der Waals surface area (Å²) in [6, 6.07) is 0. The molecule has 0 bridgehead atoms. The van der Waals surface area contributed by atoms with Crippen LogP contribution in [0.4, 0.5) is 0 Å². The van der Waals surface area contributed by atoms with Gasteiger partial charge in [0.2, 0.25) is 0 Å². The van der Waals surface area contributed by atoms with E-state index >= 15 is 0 Å². The Morgan fingerprint density at radius 1 is 1.00 bits per heavy atom. The van der Waals surface area contributed by atoms with Crippen LogP contribution in [0.1, 0.15) is 52.4 Å². The molecule has 0 aliphatic rings. The Morgan fingerprint density at radius 3 is 1.70 bits per heavy atom. The molecule has 10 heavy (non-hydrogen) atoms. The summed E-state index contributed by atoms with van der Waals surface area (Å²) in [6.45, 7) is 4.52. The second-order valence-corrected chi connectivity index (χ2v) is 3.99. The van der Waals surface area contributed by atoms with Gasteiger partial charge in [0.15, 0.2) is 0 Å². The van der Waals surface area contributed by atoms with Crippen LogP contribution in [-0.4, -0.2) is 5.66 Å². The van der Waals surface area contributed by atoms with Gasteiger partial charge in [0.25, 0.3) is 0 Å². The summed E-state index contributed by atoms with van der Waals surface area (Å²) in [5, 5.41) is 0. The summed E-state index contributed by atoms with van der Waals surface area (Å²) in [6.07, 6.45) is 8.30. The number of hydrogen-bond acceptors (Lipinski definition) is 0. The van der Waals surface area contributed by atoms with E-state index in [1.54, 1.807) is 0 Å². The maximum Gasteiger partial charge on any atom is -0.0264 e. The van der Waals surface area contributed by atoms with Gasteiger partial charge in [-0.05, 0) is 18.5 Å². The average molecular weight is 160 g/mol. The van der Waals surface area contributed by atoms with E-state index in [2.05, 4.69) is 23.1 Å². The maximum absolute atomic E-state index is 2.96. The van der Waals surface area contributed by atoms with Crippen LogP contribution in [0.15, 0.2) is 0 Å². The molecule has 1 heteroatoms. The quantitative estimate of drug-likeness (QED) is 0.521. The molecule has 0 saturated carbocycles. The Kier molecular flexibility index (Phi) is 7.86. The highest BCUT2D eigenvalue weighted by Gasteiger charge is 1.98. The van der Waals surface area contributed by atoms with Crippen LogP contribution in [0.25, 0.3) is 0 Å². The van der Waals surface area contributed by atoms with Gasteiger partial charge in [0, 0.05) is 0 Å². The molecular formula is C9H21P. The molecule has 0 fully saturated rings. The lowest BCUT2D eigenvalue weighted by molar-refractivity contribution is 0.615. The van der Waals surface area contributed by atoms with Gasteiger partial charge in [-0.2, -0.15) is 0 Å². The SMILES string of the molecule is CCCCC(P)CCCC.